The van der Waals surface area contributed by atoms with E-state index in [-0.39, 0.29) is 0 Å². The second-order valence-corrected chi connectivity index (χ2v) is 5.09. The van der Waals surface area contributed by atoms with Gasteiger partial charge in [0, 0.05) is 19.6 Å². The van der Waals surface area contributed by atoms with Crippen LogP contribution in [0.4, 0.5) is 5.69 Å². The zero-order valence-electron chi connectivity index (χ0n) is 11.6. The molecule has 0 atom stereocenters. The minimum absolute atomic E-state index is 0.546. The van der Waals surface area contributed by atoms with Crippen molar-refractivity contribution in [3.8, 4) is 0 Å². The van der Waals surface area contributed by atoms with Crippen LogP contribution < -0.4 is 10.6 Å². The van der Waals surface area contributed by atoms with Gasteiger partial charge in [-0.25, -0.2) is 0 Å². The molecule has 0 aliphatic heterocycles. The minimum atomic E-state index is 0.546. The molecule has 2 N–H and O–H groups in total. The number of benzene rings is 1. The molecule has 1 aromatic rings. The summed E-state index contributed by atoms with van der Waals surface area (Å²) < 4.78 is 0. The van der Waals surface area contributed by atoms with Crippen LogP contribution in [-0.4, -0.2) is 13.1 Å². The second kappa shape index (κ2) is 8.39. The first-order valence-electron chi connectivity index (χ1n) is 6.96. The smallest absolute Gasteiger partial charge is 0.0642 e. The summed E-state index contributed by atoms with van der Waals surface area (Å²) in [6, 6.07) is 6.17. The predicted octanol–water partition coefficient (Wildman–Crippen LogP) is 4.21. The Kier molecular flexibility index (Phi) is 7.14. The average Bonchev–Trinajstić information content (AvgIpc) is 2.39. The van der Waals surface area contributed by atoms with Gasteiger partial charge < -0.3 is 10.6 Å². The summed E-state index contributed by atoms with van der Waals surface area (Å²) in [6.45, 7) is 7.15. The SMILES string of the molecule is CCCCN(CCCC)c1ccc(CN)cc1Cl. The standard InChI is InChI=1S/C15H25ClN2/c1-3-5-9-18(10-6-4-2)15-8-7-13(12-17)11-14(15)16/h7-8,11H,3-6,9-10,12,17H2,1-2H3. The van der Waals surface area contributed by atoms with Crippen molar-refractivity contribution in [1.29, 1.82) is 0 Å². The van der Waals surface area contributed by atoms with Crippen LogP contribution >= 0.6 is 11.6 Å². The number of hydrogen-bond acceptors (Lipinski definition) is 2. The molecule has 0 heterocycles. The lowest BCUT2D eigenvalue weighted by molar-refractivity contribution is 0.678. The summed E-state index contributed by atoms with van der Waals surface area (Å²) in [5.41, 5.74) is 7.87. The molecule has 1 rings (SSSR count). The number of nitrogens with zero attached hydrogens (tertiary/aromatic N) is 1. The van der Waals surface area contributed by atoms with Gasteiger partial charge in [0.25, 0.3) is 0 Å². The van der Waals surface area contributed by atoms with E-state index in [1.54, 1.807) is 0 Å². The number of rotatable bonds is 8. The van der Waals surface area contributed by atoms with Gasteiger partial charge in [-0.05, 0) is 30.5 Å². The molecule has 0 amide bonds. The van der Waals surface area contributed by atoms with E-state index in [2.05, 4.69) is 30.9 Å². The zero-order chi connectivity index (χ0) is 13.4. The van der Waals surface area contributed by atoms with Crippen molar-refractivity contribution in [3.05, 3.63) is 28.8 Å². The fraction of sp³-hybridized carbons (Fsp3) is 0.600. The molecule has 0 saturated heterocycles. The molecule has 0 aromatic heterocycles. The molecule has 2 nitrogen and oxygen atoms in total. The van der Waals surface area contributed by atoms with E-state index in [1.165, 1.54) is 25.7 Å². The van der Waals surface area contributed by atoms with Gasteiger partial charge in [-0.2, -0.15) is 0 Å². The van der Waals surface area contributed by atoms with E-state index in [0.29, 0.717) is 6.54 Å². The largest absolute Gasteiger partial charge is 0.370 e. The highest BCUT2D eigenvalue weighted by Crippen LogP contribution is 2.27. The van der Waals surface area contributed by atoms with Gasteiger partial charge in [0.2, 0.25) is 0 Å². The van der Waals surface area contributed by atoms with E-state index in [4.69, 9.17) is 17.3 Å². The molecule has 0 fully saturated rings. The molecule has 0 aliphatic rings. The molecule has 0 radical (unpaired) electrons. The highest BCUT2D eigenvalue weighted by atomic mass is 35.5. The maximum Gasteiger partial charge on any atom is 0.0642 e. The van der Waals surface area contributed by atoms with E-state index >= 15 is 0 Å². The molecular formula is C15H25ClN2. The number of hydrogen-bond donors (Lipinski definition) is 1. The third-order valence-corrected chi connectivity index (χ3v) is 3.45. The number of unbranched alkanes of at least 4 members (excludes halogenated alkanes) is 2. The molecule has 0 saturated carbocycles. The van der Waals surface area contributed by atoms with Crippen LogP contribution in [0.1, 0.15) is 45.1 Å². The topological polar surface area (TPSA) is 29.3 Å². The summed E-state index contributed by atoms with van der Waals surface area (Å²) in [7, 11) is 0. The highest BCUT2D eigenvalue weighted by molar-refractivity contribution is 6.33. The van der Waals surface area contributed by atoms with Crippen molar-refractivity contribution in [2.45, 2.75) is 46.1 Å². The molecule has 1 aromatic carbocycles. The van der Waals surface area contributed by atoms with E-state index in [9.17, 15) is 0 Å². The van der Waals surface area contributed by atoms with Crippen LogP contribution in [0.5, 0.6) is 0 Å². The fourth-order valence-electron chi connectivity index (χ4n) is 1.98. The lowest BCUT2D eigenvalue weighted by atomic mass is 10.1. The third-order valence-electron chi connectivity index (χ3n) is 3.15. The van der Waals surface area contributed by atoms with Gasteiger partial charge in [0.15, 0.2) is 0 Å². The summed E-state index contributed by atoms with van der Waals surface area (Å²) in [4.78, 5) is 2.40. The van der Waals surface area contributed by atoms with E-state index in [1.807, 2.05) is 6.07 Å². The van der Waals surface area contributed by atoms with Crippen molar-refractivity contribution in [2.24, 2.45) is 5.73 Å². The highest BCUT2D eigenvalue weighted by Gasteiger charge is 2.09. The lowest BCUT2D eigenvalue weighted by Crippen LogP contribution is -2.25. The Morgan fingerprint density at radius 2 is 1.72 bits per heavy atom. The first-order chi connectivity index (χ1) is 8.72. The molecule has 3 heteroatoms. The summed E-state index contributed by atoms with van der Waals surface area (Å²) >= 11 is 6.36. The second-order valence-electron chi connectivity index (χ2n) is 4.68. The monoisotopic (exact) mass is 268 g/mol. The maximum atomic E-state index is 6.36. The Labute approximate surface area is 116 Å². The number of nitrogens with two attached hydrogens (primary N) is 1. The molecule has 0 spiro atoms. The van der Waals surface area contributed by atoms with Crippen LogP contribution in [0.3, 0.4) is 0 Å². The molecule has 0 aliphatic carbocycles. The Morgan fingerprint density at radius 3 is 2.17 bits per heavy atom. The Bertz CT molecular complexity index is 344. The Balaban J connectivity index is 2.82. The van der Waals surface area contributed by atoms with Crippen LogP contribution in [0.2, 0.25) is 5.02 Å². The van der Waals surface area contributed by atoms with Gasteiger partial charge >= 0.3 is 0 Å². The van der Waals surface area contributed by atoms with Crippen LogP contribution in [0, 0.1) is 0 Å². The molecule has 0 unspecified atom stereocenters. The van der Waals surface area contributed by atoms with Crippen LogP contribution in [0.25, 0.3) is 0 Å². The summed E-state index contributed by atoms with van der Waals surface area (Å²) in [6.07, 6.45) is 4.83. The minimum Gasteiger partial charge on any atom is -0.370 e. The van der Waals surface area contributed by atoms with Gasteiger partial charge in [-0.1, -0.05) is 44.4 Å². The van der Waals surface area contributed by atoms with Crippen molar-refractivity contribution >= 4 is 17.3 Å². The van der Waals surface area contributed by atoms with Gasteiger partial charge in [-0.3, -0.25) is 0 Å². The van der Waals surface area contributed by atoms with Crippen molar-refractivity contribution in [3.63, 3.8) is 0 Å². The van der Waals surface area contributed by atoms with Gasteiger partial charge in [0.1, 0.15) is 0 Å². The first-order valence-corrected chi connectivity index (χ1v) is 7.34. The molecule has 0 bridgehead atoms. The number of halogens is 1. The number of anilines is 1. The Hall–Kier alpha value is -0.730. The van der Waals surface area contributed by atoms with Crippen molar-refractivity contribution < 1.29 is 0 Å². The van der Waals surface area contributed by atoms with Gasteiger partial charge in [-0.15, -0.1) is 0 Å². The Morgan fingerprint density at radius 1 is 1.11 bits per heavy atom. The summed E-state index contributed by atoms with van der Waals surface area (Å²) in [5.74, 6) is 0. The molecule has 102 valence electrons. The molecular weight excluding hydrogens is 244 g/mol. The quantitative estimate of drug-likeness (QED) is 0.765. The molecule has 18 heavy (non-hydrogen) atoms. The third kappa shape index (κ3) is 4.51. The van der Waals surface area contributed by atoms with Gasteiger partial charge in [0.05, 0.1) is 10.7 Å². The fourth-order valence-corrected chi connectivity index (χ4v) is 2.31. The van der Waals surface area contributed by atoms with Crippen LogP contribution in [-0.2, 0) is 6.54 Å². The predicted molar refractivity (Wildman–Crippen MR) is 81.4 cm³/mol. The maximum absolute atomic E-state index is 6.36. The summed E-state index contributed by atoms with van der Waals surface area (Å²) in [5, 5.41) is 0.824. The normalized spacial score (nSPS) is 10.7. The van der Waals surface area contributed by atoms with Crippen LogP contribution in [0.15, 0.2) is 18.2 Å². The van der Waals surface area contributed by atoms with E-state index < -0.39 is 0 Å². The van der Waals surface area contributed by atoms with E-state index in [0.717, 1.165) is 29.4 Å². The first kappa shape index (κ1) is 15.3. The van der Waals surface area contributed by atoms with Crippen molar-refractivity contribution in [1.82, 2.24) is 0 Å². The average molecular weight is 269 g/mol. The lowest BCUT2D eigenvalue weighted by Gasteiger charge is -2.26. The zero-order valence-corrected chi connectivity index (χ0v) is 12.3. The van der Waals surface area contributed by atoms with Crippen molar-refractivity contribution in [2.75, 3.05) is 18.0 Å².